The summed E-state index contributed by atoms with van der Waals surface area (Å²) in [5.74, 6) is 0. The van der Waals surface area contributed by atoms with E-state index in [0.29, 0.717) is 0 Å². The van der Waals surface area contributed by atoms with E-state index in [1.165, 1.54) is 0 Å². The Balaban J connectivity index is 1.73. The van der Waals surface area contributed by atoms with Crippen LogP contribution in [0.2, 0.25) is 0 Å². The lowest BCUT2D eigenvalue weighted by molar-refractivity contribution is 0.252. The molecule has 0 aliphatic rings. The summed E-state index contributed by atoms with van der Waals surface area (Å²) in [4.78, 5) is 11.9. The number of fused-ring (bicyclic) bond motifs is 1. The van der Waals surface area contributed by atoms with Crippen LogP contribution >= 0.6 is 0 Å². The first-order chi connectivity index (χ1) is 11.6. The number of rotatable bonds is 3. The van der Waals surface area contributed by atoms with Crippen LogP contribution in [0.4, 0.5) is 10.5 Å². The Morgan fingerprint density at radius 2 is 1.92 bits per heavy atom. The van der Waals surface area contributed by atoms with E-state index in [1.54, 1.807) is 6.21 Å². The maximum atomic E-state index is 11.9. The third kappa shape index (κ3) is 3.15. The van der Waals surface area contributed by atoms with Crippen LogP contribution < -0.4 is 10.7 Å². The van der Waals surface area contributed by atoms with E-state index < -0.39 is 0 Å². The van der Waals surface area contributed by atoms with Crippen LogP contribution in [-0.2, 0) is 7.05 Å². The van der Waals surface area contributed by atoms with Gasteiger partial charge in [0.15, 0.2) is 0 Å². The predicted molar refractivity (Wildman–Crippen MR) is 98.6 cm³/mol. The van der Waals surface area contributed by atoms with E-state index in [9.17, 15) is 4.79 Å². The number of nitrogens with zero attached hydrogens (tertiary/aromatic N) is 2. The molecule has 3 rings (SSSR count). The van der Waals surface area contributed by atoms with Gasteiger partial charge in [-0.05, 0) is 37.6 Å². The van der Waals surface area contributed by atoms with Crippen molar-refractivity contribution in [3.05, 3.63) is 65.4 Å². The molecule has 5 heteroatoms. The summed E-state index contributed by atoms with van der Waals surface area (Å²) in [5.41, 5.74) is 7.58. The van der Waals surface area contributed by atoms with Gasteiger partial charge in [0.25, 0.3) is 0 Å². The minimum Gasteiger partial charge on any atom is -0.347 e. The Hall–Kier alpha value is -3.08. The lowest BCUT2D eigenvalue weighted by atomic mass is 10.1. The van der Waals surface area contributed by atoms with Gasteiger partial charge < -0.3 is 9.88 Å². The average molecular weight is 320 g/mol. The zero-order valence-electron chi connectivity index (χ0n) is 14.0. The summed E-state index contributed by atoms with van der Waals surface area (Å²) in [6.07, 6.45) is 1.69. The van der Waals surface area contributed by atoms with E-state index in [-0.39, 0.29) is 6.03 Å². The molecule has 0 saturated carbocycles. The Kier molecular flexibility index (Phi) is 4.33. The van der Waals surface area contributed by atoms with Crippen molar-refractivity contribution in [1.82, 2.24) is 9.99 Å². The summed E-state index contributed by atoms with van der Waals surface area (Å²) >= 11 is 0. The standard InChI is InChI=1S/C19H20N4O/c1-13-7-6-8-15(11-13)21-19(24)22-20-12-17-14(2)23(3)18-10-5-4-9-16(17)18/h4-12H,1-3H3,(H2,21,22,24)/b20-12-. The van der Waals surface area contributed by atoms with Crippen molar-refractivity contribution in [2.24, 2.45) is 12.1 Å². The number of hydrazone groups is 1. The molecule has 2 aromatic carbocycles. The van der Waals surface area contributed by atoms with E-state index in [4.69, 9.17) is 0 Å². The van der Waals surface area contributed by atoms with Crippen molar-refractivity contribution < 1.29 is 4.79 Å². The number of aromatic nitrogens is 1. The number of aryl methyl sites for hydroxylation is 2. The van der Waals surface area contributed by atoms with Gasteiger partial charge in [0.2, 0.25) is 0 Å². The van der Waals surface area contributed by atoms with Crippen molar-refractivity contribution in [1.29, 1.82) is 0 Å². The molecule has 2 N–H and O–H groups in total. The third-order valence-electron chi connectivity index (χ3n) is 4.08. The van der Waals surface area contributed by atoms with Crippen LogP contribution in [0.15, 0.2) is 53.6 Å². The highest BCUT2D eigenvalue weighted by molar-refractivity contribution is 6.01. The van der Waals surface area contributed by atoms with Crippen LogP contribution in [0.5, 0.6) is 0 Å². The molecule has 0 spiro atoms. The highest BCUT2D eigenvalue weighted by atomic mass is 16.2. The zero-order valence-corrected chi connectivity index (χ0v) is 14.0. The second-order valence-electron chi connectivity index (χ2n) is 5.77. The quantitative estimate of drug-likeness (QED) is 0.557. The van der Waals surface area contributed by atoms with Crippen LogP contribution in [0.1, 0.15) is 16.8 Å². The number of carbonyl (C=O) groups excluding carboxylic acids is 1. The number of nitrogens with one attached hydrogen (secondary N) is 2. The van der Waals surface area contributed by atoms with Gasteiger partial charge in [0.1, 0.15) is 0 Å². The smallest absolute Gasteiger partial charge is 0.339 e. The molecule has 122 valence electrons. The first-order valence-electron chi connectivity index (χ1n) is 7.77. The predicted octanol–water partition coefficient (Wildman–Crippen LogP) is 3.95. The lowest BCUT2D eigenvalue weighted by Crippen LogP contribution is -2.24. The molecule has 1 heterocycles. The first-order valence-corrected chi connectivity index (χ1v) is 7.77. The summed E-state index contributed by atoms with van der Waals surface area (Å²) in [5, 5.41) is 7.95. The van der Waals surface area contributed by atoms with Crippen LogP contribution in [0.25, 0.3) is 10.9 Å². The molecule has 0 radical (unpaired) electrons. The number of benzene rings is 2. The van der Waals surface area contributed by atoms with Gasteiger partial charge >= 0.3 is 6.03 Å². The number of carbonyl (C=O) groups is 1. The molecule has 0 aliphatic carbocycles. The molecular weight excluding hydrogens is 300 g/mol. The molecular formula is C19H20N4O. The number of hydrogen-bond donors (Lipinski definition) is 2. The van der Waals surface area contributed by atoms with Gasteiger partial charge in [-0.3, -0.25) is 0 Å². The molecule has 0 fully saturated rings. The fourth-order valence-electron chi connectivity index (χ4n) is 2.75. The fourth-order valence-corrected chi connectivity index (χ4v) is 2.75. The number of para-hydroxylation sites is 1. The Labute approximate surface area is 141 Å². The summed E-state index contributed by atoms with van der Waals surface area (Å²) in [6.45, 7) is 4.01. The van der Waals surface area contributed by atoms with Gasteiger partial charge in [0, 0.05) is 34.9 Å². The number of urea groups is 1. The van der Waals surface area contributed by atoms with Crippen molar-refractivity contribution >= 4 is 28.8 Å². The first kappa shape index (κ1) is 15.8. The topological polar surface area (TPSA) is 58.4 Å². The van der Waals surface area contributed by atoms with E-state index in [1.807, 2.05) is 57.3 Å². The summed E-state index contributed by atoms with van der Waals surface area (Å²) < 4.78 is 2.11. The maximum Gasteiger partial charge on any atom is 0.339 e. The summed E-state index contributed by atoms with van der Waals surface area (Å²) in [6, 6.07) is 15.4. The Morgan fingerprint density at radius 3 is 2.71 bits per heavy atom. The molecule has 2 amide bonds. The molecule has 0 aliphatic heterocycles. The van der Waals surface area contributed by atoms with Gasteiger partial charge in [-0.25, -0.2) is 10.2 Å². The number of amides is 2. The lowest BCUT2D eigenvalue weighted by Gasteiger charge is -2.04. The molecule has 0 saturated heterocycles. The second-order valence-corrected chi connectivity index (χ2v) is 5.77. The molecule has 0 atom stereocenters. The minimum absolute atomic E-state index is 0.366. The summed E-state index contributed by atoms with van der Waals surface area (Å²) in [7, 11) is 2.02. The second kappa shape index (κ2) is 6.58. The molecule has 3 aromatic rings. The SMILES string of the molecule is Cc1cccc(NC(=O)N/N=C\c2c(C)n(C)c3ccccc23)c1. The average Bonchev–Trinajstić information content (AvgIpc) is 2.80. The molecule has 24 heavy (non-hydrogen) atoms. The minimum atomic E-state index is -0.366. The van der Waals surface area contributed by atoms with Crippen LogP contribution in [0.3, 0.4) is 0 Å². The van der Waals surface area contributed by atoms with Crippen LogP contribution in [0, 0.1) is 13.8 Å². The van der Waals surface area contributed by atoms with Crippen LogP contribution in [-0.4, -0.2) is 16.8 Å². The highest BCUT2D eigenvalue weighted by Crippen LogP contribution is 2.22. The Bertz CT molecular complexity index is 924. The van der Waals surface area contributed by atoms with Crippen molar-refractivity contribution in [2.45, 2.75) is 13.8 Å². The maximum absolute atomic E-state index is 11.9. The molecule has 0 unspecified atom stereocenters. The zero-order chi connectivity index (χ0) is 17.1. The monoisotopic (exact) mass is 320 g/mol. The van der Waals surface area contributed by atoms with Gasteiger partial charge in [-0.15, -0.1) is 0 Å². The largest absolute Gasteiger partial charge is 0.347 e. The number of hydrogen-bond acceptors (Lipinski definition) is 2. The van der Waals surface area contributed by atoms with Crippen molar-refractivity contribution in [3.8, 4) is 0 Å². The highest BCUT2D eigenvalue weighted by Gasteiger charge is 2.09. The van der Waals surface area contributed by atoms with E-state index >= 15 is 0 Å². The Morgan fingerprint density at radius 1 is 1.12 bits per heavy atom. The van der Waals surface area contributed by atoms with E-state index in [2.05, 4.69) is 32.5 Å². The molecule has 1 aromatic heterocycles. The van der Waals surface area contributed by atoms with Gasteiger partial charge in [-0.2, -0.15) is 5.10 Å². The van der Waals surface area contributed by atoms with Crippen molar-refractivity contribution in [3.63, 3.8) is 0 Å². The molecule has 5 nitrogen and oxygen atoms in total. The molecule has 0 bridgehead atoms. The van der Waals surface area contributed by atoms with E-state index in [0.717, 1.165) is 33.4 Å². The number of anilines is 1. The van der Waals surface area contributed by atoms with Crippen molar-refractivity contribution in [2.75, 3.05) is 5.32 Å². The van der Waals surface area contributed by atoms with Gasteiger partial charge in [0.05, 0.1) is 6.21 Å². The third-order valence-corrected chi connectivity index (χ3v) is 4.08. The van der Waals surface area contributed by atoms with Gasteiger partial charge in [-0.1, -0.05) is 30.3 Å². The fraction of sp³-hybridized carbons (Fsp3) is 0.158. The normalized spacial score (nSPS) is 11.1.